The molecule has 2 N–H and O–H groups in total. The van der Waals surface area contributed by atoms with Gasteiger partial charge in [0.25, 0.3) is 0 Å². The Balaban J connectivity index is 2.24. The van der Waals surface area contributed by atoms with Crippen molar-refractivity contribution < 1.29 is 4.84 Å². The van der Waals surface area contributed by atoms with Crippen LogP contribution in [0.5, 0.6) is 0 Å². The van der Waals surface area contributed by atoms with Gasteiger partial charge in [0.1, 0.15) is 6.23 Å². The molecule has 1 aliphatic heterocycles. The molecule has 0 aromatic heterocycles. The van der Waals surface area contributed by atoms with E-state index >= 15 is 0 Å². The van der Waals surface area contributed by atoms with Crippen LogP contribution in [0.3, 0.4) is 0 Å². The first-order valence-corrected chi connectivity index (χ1v) is 3.94. The molecule has 0 bridgehead atoms. The molecule has 0 saturated carbocycles. The highest BCUT2D eigenvalue weighted by molar-refractivity contribution is 4.64. The maximum absolute atomic E-state index is 5.06. The first kappa shape index (κ1) is 7.98. The minimum Gasteiger partial charge on any atom is -0.286 e. The third-order valence-electron chi connectivity index (χ3n) is 2.10. The van der Waals surface area contributed by atoms with Crippen molar-refractivity contribution in [1.82, 2.24) is 4.90 Å². The van der Waals surface area contributed by atoms with Gasteiger partial charge in [-0.3, -0.25) is 9.74 Å². The highest BCUT2D eigenvalue weighted by atomic mass is 16.6. The van der Waals surface area contributed by atoms with Crippen LogP contribution in [0.1, 0.15) is 26.2 Å². The summed E-state index contributed by atoms with van der Waals surface area (Å²) in [5.74, 6) is 5.06. The van der Waals surface area contributed by atoms with Crippen LogP contribution in [0.15, 0.2) is 0 Å². The lowest BCUT2D eigenvalue weighted by Crippen LogP contribution is -2.40. The molecule has 3 nitrogen and oxygen atoms in total. The summed E-state index contributed by atoms with van der Waals surface area (Å²) in [6.07, 6.45) is 4.02. The first-order valence-electron chi connectivity index (χ1n) is 3.94. The summed E-state index contributed by atoms with van der Waals surface area (Å²) in [5, 5.41) is 0. The Morgan fingerprint density at radius 3 is 2.40 bits per heavy atom. The van der Waals surface area contributed by atoms with E-state index in [1.807, 2.05) is 6.92 Å². The summed E-state index contributed by atoms with van der Waals surface area (Å²) in [7, 11) is 0. The minimum atomic E-state index is 0.0975. The normalized spacial score (nSPS) is 24.6. The van der Waals surface area contributed by atoms with E-state index in [-0.39, 0.29) is 6.23 Å². The third-order valence-corrected chi connectivity index (χ3v) is 2.10. The number of nitrogens with two attached hydrogens (primary N) is 1. The van der Waals surface area contributed by atoms with Gasteiger partial charge in [0.05, 0.1) is 0 Å². The second kappa shape index (κ2) is 3.91. The summed E-state index contributed by atoms with van der Waals surface area (Å²) < 4.78 is 0. The standard InChI is InChI=1S/C7H16N2O/c1-7(10-8)9-5-3-2-4-6-9/h7H,2-6,8H2,1H3. The molecule has 1 aliphatic rings. The highest BCUT2D eigenvalue weighted by Gasteiger charge is 2.15. The van der Waals surface area contributed by atoms with Gasteiger partial charge in [-0.1, -0.05) is 6.42 Å². The highest BCUT2D eigenvalue weighted by Crippen LogP contribution is 2.11. The van der Waals surface area contributed by atoms with Crippen molar-refractivity contribution in [3.8, 4) is 0 Å². The van der Waals surface area contributed by atoms with Gasteiger partial charge in [-0.25, -0.2) is 5.90 Å². The van der Waals surface area contributed by atoms with Gasteiger partial charge in [-0.05, 0) is 19.8 Å². The van der Waals surface area contributed by atoms with Gasteiger partial charge < -0.3 is 0 Å². The van der Waals surface area contributed by atoms with Crippen LogP contribution in [-0.2, 0) is 4.84 Å². The summed E-state index contributed by atoms with van der Waals surface area (Å²) in [6.45, 7) is 4.27. The lowest BCUT2D eigenvalue weighted by atomic mass is 10.1. The monoisotopic (exact) mass is 144 g/mol. The van der Waals surface area contributed by atoms with Crippen molar-refractivity contribution in [3.63, 3.8) is 0 Å². The van der Waals surface area contributed by atoms with Crippen molar-refractivity contribution in [1.29, 1.82) is 0 Å². The average molecular weight is 144 g/mol. The Kier molecular flexibility index (Phi) is 3.12. The molecular weight excluding hydrogens is 128 g/mol. The molecule has 10 heavy (non-hydrogen) atoms. The van der Waals surface area contributed by atoms with E-state index < -0.39 is 0 Å². The third kappa shape index (κ3) is 1.94. The summed E-state index contributed by atoms with van der Waals surface area (Å²) in [6, 6.07) is 0. The lowest BCUT2D eigenvalue weighted by Gasteiger charge is -2.30. The zero-order valence-corrected chi connectivity index (χ0v) is 6.55. The molecule has 1 rings (SSSR count). The topological polar surface area (TPSA) is 38.5 Å². The van der Waals surface area contributed by atoms with Gasteiger partial charge in [0, 0.05) is 13.1 Å². The van der Waals surface area contributed by atoms with E-state index in [0.717, 1.165) is 13.1 Å². The van der Waals surface area contributed by atoms with Gasteiger partial charge in [-0.2, -0.15) is 0 Å². The Hall–Kier alpha value is -0.120. The molecule has 1 heterocycles. The molecule has 1 atom stereocenters. The maximum Gasteiger partial charge on any atom is 0.128 e. The predicted molar refractivity (Wildman–Crippen MR) is 40.2 cm³/mol. The Morgan fingerprint density at radius 2 is 1.90 bits per heavy atom. The number of nitrogens with zero attached hydrogens (tertiary/aromatic N) is 1. The van der Waals surface area contributed by atoms with Crippen LogP contribution in [0.2, 0.25) is 0 Å². The largest absolute Gasteiger partial charge is 0.286 e. The smallest absolute Gasteiger partial charge is 0.128 e. The second-order valence-corrected chi connectivity index (χ2v) is 2.83. The molecule has 1 fully saturated rings. The molecule has 60 valence electrons. The quantitative estimate of drug-likeness (QED) is 0.580. The molecule has 0 aliphatic carbocycles. The fourth-order valence-corrected chi connectivity index (χ4v) is 1.37. The Labute approximate surface area is 62.1 Å². The van der Waals surface area contributed by atoms with Crippen LogP contribution in [-0.4, -0.2) is 24.2 Å². The number of hydrogen-bond donors (Lipinski definition) is 1. The van der Waals surface area contributed by atoms with Gasteiger partial charge in [-0.15, -0.1) is 0 Å². The lowest BCUT2D eigenvalue weighted by molar-refractivity contribution is -0.0567. The van der Waals surface area contributed by atoms with Gasteiger partial charge in [0.2, 0.25) is 0 Å². The first-order chi connectivity index (χ1) is 4.84. The van der Waals surface area contributed by atoms with E-state index in [1.54, 1.807) is 0 Å². The van der Waals surface area contributed by atoms with Crippen molar-refractivity contribution in [2.75, 3.05) is 13.1 Å². The molecule has 3 heteroatoms. The van der Waals surface area contributed by atoms with Crippen LogP contribution in [0.4, 0.5) is 0 Å². The van der Waals surface area contributed by atoms with E-state index in [9.17, 15) is 0 Å². The molecule has 1 saturated heterocycles. The molecular formula is C7H16N2O. The molecule has 1 unspecified atom stereocenters. The van der Waals surface area contributed by atoms with Crippen molar-refractivity contribution in [2.45, 2.75) is 32.4 Å². The van der Waals surface area contributed by atoms with Crippen molar-refractivity contribution >= 4 is 0 Å². The molecule has 0 amide bonds. The van der Waals surface area contributed by atoms with E-state index in [2.05, 4.69) is 4.90 Å². The number of rotatable bonds is 2. The SMILES string of the molecule is CC(ON)N1CCCCC1. The van der Waals surface area contributed by atoms with Crippen LogP contribution < -0.4 is 5.90 Å². The number of piperidine rings is 1. The van der Waals surface area contributed by atoms with Crippen molar-refractivity contribution in [2.24, 2.45) is 5.90 Å². The van der Waals surface area contributed by atoms with Crippen LogP contribution in [0, 0.1) is 0 Å². The maximum atomic E-state index is 5.06. The molecule has 0 aromatic rings. The zero-order chi connectivity index (χ0) is 7.40. The van der Waals surface area contributed by atoms with E-state index in [1.165, 1.54) is 19.3 Å². The van der Waals surface area contributed by atoms with E-state index in [4.69, 9.17) is 10.7 Å². The Bertz CT molecular complexity index is 91.6. The fourth-order valence-electron chi connectivity index (χ4n) is 1.37. The molecule has 0 spiro atoms. The Morgan fingerprint density at radius 1 is 1.30 bits per heavy atom. The predicted octanol–water partition coefficient (Wildman–Crippen LogP) is 0.709. The molecule has 0 aromatic carbocycles. The van der Waals surface area contributed by atoms with Crippen molar-refractivity contribution in [3.05, 3.63) is 0 Å². The van der Waals surface area contributed by atoms with Crippen LogP contribution in [0.25, 0.3) is 0 Å². The van der Waals surface area contributed by atoms with Crippen LogP contribution >= 0.6 is 0 Å². The zero-order valence-electron chi connectivity index (χ0n) is 6.55. The van der Waals surface area contributed by atoms with Gasteiger partial charge in [0.15, 0.2) is 0 Å². The number of likely N-dealkylation sites (tertiary alicyclic amines) is 1. The number of hydrogen-bond acceptors (Lipinski definition) is 3. The second-order valence-electron chi connectivity index (χ2n) is 2.83. The summed E-state index contributed by atoms with van der Waals surface area (Å²) in [4.78, 5) is 6.98. The summed E-state index contributed by atoms with van der Waals surface area (Å²) >= 11 is 0. The minimum absolute atomic E-state index is 0.0975. The average Bonchev–Trinajstić information content (AvgIpc) is 2.05. The van der Waals surface area contributed by atoms with E-state index in [0.29, 0.717) is 0 Å². The molecule has 0 radical (unpaired) electrons. The summed E-state index contributed by atoms with van der Waals surface area (Å²) in [5.41, 5.74) is 0. The fraction of sp³-hybridized carbons (Fsp3) is 1.00. The van der Waals surface area contributed by atoms with Gasteiger partial charge >= 0.3 is 0 Å².